The summed E-state index contributed by atoms with van der Waals surface area (Å²) in [6, 6.07) is 9.57. The van der Waals surface area contributed by atoms with Gasteiger partial charge in [0.1, 0.15) is 0 Å². The van der Waals surface area contributed by atoms with Crippen LogP contribution in [0.5, 0.6) is 0 Å². The molecule has 19 heavy (non-hydrogen) atoms. The molecule has 2 rings (SSSR count). The molecule has 1 amide bonds. The molecule has 0 radical (unpaired) electrons. The molecule has 1 unspecified atom stereocenters. The highest BCUT2D eigenvalue weighted by Gasteiger charge is 2.45. The van der Waals surface area contributed by atoms with Crippen LogP contribution in [0.3, 0.4) is 0 Å². The third-order valence-electron chi connectivity index (χ3n) is 4.39. The summed E-state index contributed by atoms with van der Waals surface area (Å²) in [6.07, 6.45) is 2.82. The van der Waals surface area contributed by atoms with Crippen molar-refractivity contribution in [2.24, 2.45) is 17.1 Å². The number of rotatable bonds is 6. The molecule has 1 aliphatic rings. The largest absolute Gasteiger partial charge is 0.355 e. The summed E-state index contributed by atoms with van der Waals surface area (Å²) in [4.78, 5) is 11.9. The van der Waals surface area contributed by atoms with E-state index in [4.69, 9.17) is 5.73 Å². The molecule has 3 heteroatoms. The Balaban J connectivity index is 1.79. The molecule has 3 N–H and O–H groups in total. The van der Waals surface area contributed by atoms with Crippen LogP contribution in [0.2, 0.25) is 0 Å². The van der Waals surface area contributed by atoms with Gasteiger partial charge in [0.25, 0.3) is 0 Å². The molecule has 3 nitrogen and oxygen atoms in total. The van der Waals surface area contributed by atoms with Crippen LogP contribution < -0.4 is 11.1 Å². The highest BCUT2D eigenvalue weighted by molar-refractivity contribution is 5.76. The Kier molecular flexibility index (Phi) is 4.25. The summed E-state index contributed by atoms with van der Waals surface area (Å²) in [6.45, 7) is 5.26. The summed E-state index contributed by atoms with van der Waals surface area (Å²) in [7, 11) is 0. The fourth-order valence-corrected chi connectivity index (χ4v) is 2.48. The standard InChI is InChI=1S/C16H24N2O/c1-12(2)16(8-9-16)11-18-15(19)10-14(17)13-6-4-3-5-7-13/h3-7,12,14H,8-11,17H2,1-2H3,(H,18,19). The van der Waals surface area contributed by atoms with Crippen LogP contribution >= 0.6 is 0 Å². The van der Waals surface area contributed by atoms with E-state index in [-0.39, 0.29) is 11.9 Å². The van der Waals surface area contributed by atoms with Crippen molar-refractivity contribution in [2.75, 3.05) is 6.54 Å². The van der Waals surface area contributed by atoms with E-state index in [1.54, 1.807) is 0 Å². The second-order valence-corrected chi connectivity index (χ2v) is 6.02. The topological polar surface area (TPSA) is 55.1 Å². The van der Waals surface area contributed by atoms with Gasteiger partial charge in [0.2, 0.25) is 5.91 Å². The minimum Gasteiger partial charge on any atom is -0.355 e. The molecule has 0 bridgehead atoms. The number of hydrogen-bond acceptors (Lipinski definition) is 2. The minimum absolute atomic E-state index is 0.0586. The van der Waals surface area contributed by atoms with Gasteiger partial charge in [0.05, 0.1) is 0 Å². The number of benzene rings is 1. The lowest BCUT2D eigenvalue weighted by molar-refractivity contribution is -0.121. The molecule has 1 aromatic carbocycles. The first kappa shape index (κ1) is 14.1. The number of nitrogens with two attached hydrogens (primary N) is 1. The van der Waals surface area contributed by atoms with Crippen LogP contribution in [0.25, 0.3) is 0 Å². The van der Waals surface area contributed by atoms with Gasteiger partial charge in [-0.05, 0) is 29.7 Å². The van der Waals surface area contributed by atoms with Crippen molar-refractivity contribution in [1.29, 1.82) is 0 Å². The van der Waals surface area contributed by atoms with Crippen LogP contribution in [0.1, 0.15) is 44.7 Å². The quantitative estimate of drug-likeness (QED) is 0.826. The van der Waals surface area contributed by atoms with E-state index >= 15 is 0 Å². The summed E-state index contributed by atoms with van der Waals surface area (Å²) < 4.78 is 0. The lowest BCUT2D eigenvalue weighted by atomic mass is 9.92. The number of carbonyl (C=O) groups is 1. The van der Waals surface area contributed by atoms with Crippen molar-refractivity contribution in [3.63, 3.8) is 0 Å². The lowest BCUT2D eigenvalue weighted by Crippen LogP contribution is -2.34. The van der Waals surface area contributed by atoms with Gasteiger partial charge >= 0.3 is 0 Å². The molecule has 0 saturated heterocycles. The zero-order valence-corrected chi connectivity index (χ0v) is 11.9. The summed E-state index contributed by atoms with van der Waals surface area (Å²) in [5.41, 5.74) is 7.42. The van der Waals surface area contributed by atoms with E-state index in [1.807, 2.05) is 30.3 Å². The van der Waals surface area contributed by atoms with E-state index in [2.05, 4.69) is 19.2 Å². The van der Waals surface area contributed by atoms with Gasteiger partial charge in [-0.2, -0.15) is 0 Å². The average molecular weight is 260 g/mol. The normalized spacial score (nSPS) is 18.1. The Labute approximate surface area is 115 Å². The maximum atomic E-state index is 11.9. The Morgan fingerprint density at radius 2 is 1.95 bits per heavy atom. The number of amides is 1. The Morgan fingerprint density at radius 3 is 2.47 bits per heavy atom. The van der Waals surface area contributed by atoms with Crippen LogP contribution in [-0.2, 0) is 4.79 Å². The van der Waals surface area contributed by atoms with E-state index in [0.717, 1.165) is 12.1 Å². The number of nitrogens with one attached hydrogen (secondary N) is 1. The van der Waals surface area contributed by atoms with E-state index in [1.165, 1.54) is 12.8 Å². The van der Waals surface area contributed by atoms with Gasteiger partial charge in [-0.1, -0.05) is 44.2 Å². The smallest absolute Gasteiger partial charge is 0.221 e. The summed E-state index contributed by atoms with van der Waals surface area (Å²) >= 11 is 0. The maximum Gasteiger partial charge on any atom is 0.221 e. The van der Waals surface area contributed by atoms with Crippen molar-refractivity contribution in [3.05, 3.63) is 35.9 Å². The summed E-state index contributed by atoms with van der Waals surface area (Å²) in [5, 5.41) is 3.05. The molecular formula is C16H24N2O. The molecule has 1 atom stereocenters. The number of carbonyl (C=O) groups excluding carboxylic acids is 1. The van der Waals surface area contributed by atoms with Crippen molar-refractivity contribution in [3.8, 4) is 0 Å². The van der Waals surface area contributed by atoms with Crippen molar-refractivity contribution < 1.29 is 4.79 Å². The molecule has 1 saturated carbocycles. The van der Waals surface area contributed by atoms with Gasteiger partial charge in [-0.25, -0.2) is 0 Å². The van der Waals surface area contributed by atoms with Gasteiger partial charge in [-0.15, -0.1) is 0 Å². The van der Waals surface area contributed by atoms with E-state index < -0.39 is 0 Å². The maximum absolute atomic E-state index is 11.9. The number of hydrogen-bond donors (Lipinski definition) is 2. The minimum atomic E-state index is -0.213. The Bertz CT molecular complexity index is 424. The van der Waals surface area contributed by atoms with Crippen LogP contribution in [0.4, 0.5) is 0 Å². The molecular weight excluding hydrogens is 236 g/mol. The van der Waals surface area contributed by atoms with Crippen LogP contribution in [0, 0.1) is 11.3 Å². The highest BCUT2D eigenvalue weighted by atomic mass is 16.1. The fraction of sp³-hybridized carbons (Fsp3) is 0.562. The average Bonchev–Trinajstić information content (AvgIpc) is 3.18. The van der Waals surface area contributed by atoms with Crippen molar-refractivity contribution in [1.82, 2.24) is 5.32 Å². The van der Waals surface area contributed by atoms with Crippen LogP contribution in [-0.4, -0.2) is 12.5 Å². The van der Waals surface area contributed by atoms with E-state index in [9.17, 15) is 4.79 Å². The van der Waals surface area contributed by atoms with Gasteiger partial charge in [0, 0.05) is 19.0 Å². The zero-order chi connectivity index (χ0) is 13.9. The predicted molar refractivity (Wildman–Crippen MR) is 77.5 cm³/mol. The monoisotopic (exact) mass is 260 g/mol. The van der Waals surface area contributed by atoms with Crippen molar-refractivity contribution in [2.45, 2.75) is 39.2 Å². The van der Waals surface area contributed by atoms with Gasteiger partial charge in [0.15, 0.2) is 0 Å². The van der Waals surface area contributed by atoms with Gasteiger partial charge < -0.3 is 11.1 Å². The Morgan fingerprint density at radius 1 is 1.32 bits per heavy atom. The first-order valence-electron chi connectivity index (χ1n) is 7.11. The molecule has 1 aliphatic carbocycles. The highest BCUT2D eigenvalue weighted by Crippen LogP contribution is 2.51. The molecule has 104 valence electrons. The first-order chi connectivity index (χ1) is 9.03. The molecule has 1 fully saturated rings. The predicted octanol–water partition coefficient (Wildman–Crippen LogP) is 2.63. The zero-order valence-electron chi connectivity index (χ0n) is 11.9. The third kappa shape index (κ3) is 3.57. The van der Waals surface area contributed by atoms with Crippen molar-refractivity contribution >= 4 is 5.91 Å². The SMILES string of the molecule is CC(C)C1(CNC(=O)CC(N)c2ccccc2)CC1. The molecule has 0 aromatic heterocycles. The Hall–Kier alpha value is -1.35. The lowest BCUT2D eigenvalue weighted by Gasteiger charge is -2.20. The molecule has 0 heterocycles. The third-order valence-corrected chi connectivity index (χ3v) is 4.39. The fourth-order valence-electron chi connectivity index (χ4n) is 2.48. The molecule has 1 aromatic rings. The summed E-state index contributed by atoms with van der Waals surface area (Å²) in [5.74, 6) is 0.693. The van der Waals surface area contributed by atoms with Gasteiger partial charge in [-0.3, -0.25) is 4.79 Å². The first-order valence-corrected chi connectivity index (χ1v) is 7.11. The van der Waals surface area contributed by atoms with E-state index in [0.29, 0.717) is 17.8 Å². The molecule has 0 aliphatic heterocycles. The second-order valence-electron chi connectivity index (χ2n) is 6.02. The molecule has 0 spiro atoms. The second kappa shape index (κ2) is 5.74. The van der Waals surface area contributed by atoms with Crippen LogP contribution in [0.15, 0.2) is 30.3 Å².